The maximum Gasteiger partial charge on any atom is 0.273 e. The number of amides is 1. The Morgan fingerprint density at radius 3 is 2.74 bits per heavy atom. The first-order valence-corrected chi connectivity index (χ1v) is 6.39. The number of nitro benzene ring substituents is 1. The number of nitro groups is 1. The van der Waals surface area contributed by atoms with E-state index in [1.807, 2.05) is 0 Å². The predicted octanol–water partition coefficient (Wildman–Crippen LogP) is 1.01. The summed E-state index contributed by atoms with van der Waals surface area (Å²) in [6.07, 6.45) is 2.47. The summed E-state index contributed by atoms with van der Waals surface area (Å²) in [7, 11) is 0. The second kappa shape index (κ2) is 6.29. The normalized spacial score (nSPS) is 14.1. The lowest BCUT2D eigenvalue weighted by Crippen LogP contribution is -2.33. The van der Waals surface area contributed by atoms with Gasteiger partial charge >= 0.3 is 0 Å². The number of nitrogens with zero attached hydrogens (tertiary/aromatic N) is 1. The van der Waals surface area contributed by atoms with Crippen LogP contribution < -0.4 is 10.6 Å². The standard InChI is InChI=1S/C13H17N3O3/c17-13(15-8-7-14-11-5-6-11)9-10-3-1-2-4-12(10)16(18)19/h1-4,11,14H,5-9H2,(H,15,17). The summed E-state index contributed by atoms with van der Waals surface area (Å²) >= 11 is 0. The fraction of sp³-hybridized carbons (Fsp3) is 0.462. The van der Waals surface area contributed by atoms with Gasteiger partial charge in [0.05, 0.1) is 11.3 Å². The zero-order valence-electron chi connectivity index (χ0n) is 10.6. The summed E-state index contributed by atoms with van der Waals surface area (Å²) in [6, 6.07) is 6.94. The van der Waals surface area contributed by atoms with E-state index in [0.29, 0.717) is 18.2 Å². The Bertz CT molecular complexity index is 472. The summed E-state index contributed by atoms with van der Waals surface area (Å²) in [5, 5.41) is 16.8. The van der Waals surface area contributed by atoms with Crippen molar-refractivity contribution in [2.45, 2.75) is 25.3 Å². The summed E-state index contributed by atoms with van der Waals surface area (Å²) in [6.45, 7) is 1.29. The minimum absolute atomic E-state index is 0.00578. The third kappa shape index (κ3) is 4.33. The van der Waals surface area contributed by atoms with Gasteiger partial charge in [0.1, 0.15) is 0 Å². The molecule has 1 saturated carbocycles. The van der Waals surface area contributed by atoms with E-state index in [1.54, 1.807) is 18.2 Å². The predicted molar refractivity (Wildman–Crippen MR) is 70.8 cm³/mol. The van der Waals surface area contributed by atoms with Crippen LogP contribution in [0.1, 0.15) is 18.4 Å². The van der Waals surface area contributed by atoms with Gasteiger partial charge < -0.3 is 10.6 Å². The Kier molecular flexibility index (Phi) is 4.46. The van der Waals surface area contributed by atoms with E-state index in [-0.39, 0.29) is 18.0 Å². The van der Waals surface area contributed by atoms with Crippen LogP contribution in [0.4, 0.5) is 5.69 Å². The highest BCUT2D eigenvalue weighted by molar-refractivity contribution is 5.79. The molecule has 1 aromatic rings. The molecule has 102 valence electrons. The van der Waals surface area contributed by atoms with Crippen molar-refractivity contribution in [3.8, 4) is 0 Å². The van der Waals surface area contributed by atoms with Crippen LogP contribution in [0.2, 0.25) is 0 Å². The first-order chi connectivity index (χ1) is 9.16. The molecule has 0 aromatic heterocycles. The molecule has 0 spiro atoms. The van der Waals surface area contributed by atoms with Crippen molar-refractivity contribution < 1.29 is 9.72 Å². The molecule has 1 aliphatic rings. The van der Waals surface area contributed by atoms with Gasteiger partial charge in [-0.1, -0.05) is 18.2 Å². The van der Waals surface area contributed by atoms with Crippen LogP contribution in [0.5, 0.6) is 0 Å². The first-order valence-electron chi connectivity index (χ1n) is 6.39. The molecule has 2 rings (SSSR count). The van der Waals surface area contributed by atoms with Crippen molar-refractivity contribution in [2.24, 2.45) is 0 Å². The van der Waals surface area contributed by atoms with E-state index in [1.165, 1.54) is 18.9 Å². The van der Waals surface area contributed by atoms with Gasteiger partial charge in [-0.3, -0.25) is 14.9 Å². The largest absolute Gasteiger partial charge is 0.355 e. The monoisotopic (exact) mass is 263 g/mol. The van der Waals surface area contributed by atoms with Gasteiger partial charge in [-0.25, -0.2) is 0 Å². The summed E-state index contributed by atoms with van der Waals surface area (Å²) in [5.74, 6) is -0.188. The second-order valence-electron chi connectivity index (χ2n) is 4.64. The third-order valence-electron chi connectivity index (χ3n) is 3.00. The minimum Gasteiger partial charge on any atom is -0.355 e. The Hall–Kier alpha value is -1.95. The molecule has 0 atom stereocenters. The lowest BCUT2D eigenvalue weighted by molar-refractivity contribution is -0.385. The Labute approximate surface area is 111 Å². The highest BCUT2D eigenvalue weighted by Crippen LogP contribution is 2.18. The fourth-order valence-electron chi connectivity index (χ4n) is 1.84. The van der Waals surface area contributed by atoms with Gasteiger partial charge in [0.25, 0.3) is 5.69 Å². The molecule has 0 radical (unpaired) electrons. The number of hydrogen-bond donors (Lipinski definition) is 2. The van der Waals surface area contributed by atoms with Crippen LogP contribution in [0.25, 0.3) is 0 Å². The third-order valence-corrected chi connectivity index (χ3v) is 3.00. The number of para-hydroxylation sites is 1. The van der Waals surface area contributed by atoms with Crippen LogP contribution >= 0.6 is 0 Å². The number of nitrogens with one attached hydrogen (secondary N) is 2. The molecule has 0 unspecified atom stereocenters. The fourth-order valence-corrected chi connectivity index (χ4v) is 1.84. The van der Waals surface area contributed by atoms with Crippen molar-refractivity contribution in [2.75, 3.05) is 13.1 Å². The van der Waals surface area contributed by atoms with Gasteiger partial charge in [-0.2, -0.15) is 0 Å². The molecular weight excluding hydrogens is 246 g/mol. The van der Waals surface area contributed by atoms with Gasteiger partial charge in [-0.05, 0) is 12.8 Å². The van der Waals surface area contributed by atoms with Gasteiger partial charge in [0, 0.05) is 30.8 Å². The number of hydrogen-bond acceptors (Lipinski definition) is 4. The van der Waals surface area contributed by atoms with E-state index in [0.717, 1.165) is 6.54 Å². The molecule has 19 heavy (non-hydrogen) atoms. The summed E-state index contributed by atoms with van der Waals surface area (Å²) < 4.78 is 0. The molecule has 1 aliphatic carbocycles. The average molecular weight is 263 g/mol. The molecule has 0 saturated heterocycles. The van der Waals surface area contributed by atoms with Crippen LogP contribution in [0.15, 0.2) is 24.3 Å². The maximum absolute atomic E-state index is 11.7. The van der Waals surface area contributed by atoms with E-state index in [9.17, 15) is 14.9 Å². The van der Waals surface area contributed by atoms with Crippen LogP contribution in [-0.4, -0.2) is 30.0 Å². The number of benzene rings is 1. The van der Waals surface area contributed by atoms with Gasteiger partial charge in [0.2, 0.25) is 5.91 Å². The average Bonchev–Trinajstić information content (AvgIpc) is 3.19. The molecule has 0 aliphatic heterocycles. The van der Waals surface area contributed by atoms with Crippen LogP contribution in [-0.2, 0) is 11.2 Å². The van der Waals surface area contributed by atoms with Crippen LogP contribution in [0, 0.1) is 10.1 Å². The molecule has 1 aromatic carbocycles. The van der Waals surface area contributed by atoms with Crippen molar-refractivity contribution in [1.82, 2.24) is 10.6 Å². The molecule has 0 bridgehead atoms. The Morgan fingerprint density at radius 1 is 1.32 bits per heavy atom. The smallest absolute Gasteiger partial charge is 0.273 e. The highest BCUT2D eigenvalue weighted by Gasteiger charge is 2.19. The SMILES string of the molecule is O=C(Cc1ccccc1[N+](=O)[O-])NCCNC1CC1. The zero-order chi connectivity index (χ0) is 13.7. The summed E-state index contributed by atoms with van der Waals surface area (Å²) in [4.78, 5) is 22.0. The van der Waals surface area contributed by atoms with E-state index >= 15 is 0 Å². The van der Waals surface area contributed by atoms with E-state index < -0.39 is 4.92 Å². The molecule has 6 heteroatoms. The van der Waals surface area contributed by atoms with Crippen molar-refractivity contribution in [3.05, 3.63) is 39.9 Å². The number of carbonyl (C=O) groups excluding carboxylic acids is 1. The number of carbonyl (C=O) groups is 1. The molecule has 1 amide bonds. The van der Waals surface area contributed by atoms with Crippen molar-refractivity contribution in [3.63, 3.8) is 0 Å². The van der Waals surface area contributed by atoms with Gasteiger partial charge in [0.15, 0.2) is 0 Å². The van der Waals surface area contributed by atoms with Crippen molar-refractivity contribution in [1.29, 1.82) is 0 Å². The quantitative estimate of drug-likeness (QED) is 0.437. The molecule has 6 nitrogen and oxygen atoms in total. The molecular formula is C13H17N3O3. The Morgan fingerprint density at radius 2 is 2.05 bits per heavy atom. The first kappa shape index (κ1) is 13.5. The van der Waals surface area contributed by atoms with Crippen LogP contribution in [0.3, 0.4) is 0 Å². The highest BCUT2D eigenvalue weighted by atomic mass is 16.6. The maximum atomic E-state index is 11.7. The zero-order valence-corrected chi connectivity index (χ0v) is 10.6. The van der Waals surface area contributed by atoms with E-state index in [2.05, 4.69) is 10.6 Å². The molecule has 2 N–H and O–H groups in total. The molecule has 1 fully saturated rings. The van der Waals surface area contributed by atoms with E-state index in [4.69, 9.17) is 0 Å². The van der Waals surface area contributed by atoms with Crippen molar-refractivity contribution >= 4 is 11.6 Å². The Balaban J connectivity index is 1.78. The summed E-state index contributed by atoms with van der Waals surface area (Å²) in [5.41, 5.74) is 0.439. The van der Waals surface area contributed by atoms with Gasteiger partial charge in [-0.15, -0.1) is 0 Å². The molecule has 0 heterocycles. The lowest BCUT2D eigenvalue weighted by Gasteiger charge is -2.06. The topological polar surface area (TPSA) is 84.3 Å². The number of rotatable bonds is 7. The minimum atomic E-state index is -0.461. The lowest BCUT2D eigenvalue weighted by atomic mass is 10.1. The second-order valence-corrected chi connectivity index (χ2v) is 4.64.